The molecule has 2 aromatic heterocycles. The second kappa shape index (κ2) is 9.27. The van der Waals surface area contributed by atoms with E-state index in [-0.39, 0.29) is 24.7 Å². The topological polar surface area (TPSA) is 44.4 Å². The second-order valence-electron chi connectivity index (χ2n) is 10.5. The minimum atomic E-state index is -1.31. The minimum absolute atomic E-state index is 0.110. The van der Waals surface area contributed by atoms with Crippen LogP contribution in [-0.2, 0) is 6.42 Å². The highest BCUT2D eigenvalue weighted by atomic mass is 19.1. The molecular formula is C27H34F2N4O. The third-order valence-electron chi connectivity index (χ3n) is 7.06. The van der Waals surface area contributed by atoms with Gasteiger partial charge in [0.05, 0.1) is 12.7 Å². The standard InChI is InChI=1S/C27H34F2N4O/c1-18-12-22-21-6-4-5-7-23(21)31-25(22)26(33(18)17-27(2,3)29)20-8-9-24(30-14-20)34-11-10-32-15-19(13-28)16-32/h4-9,14,18-19,26,31H,10-13,15-17H2,1-3H3/t18-,26-/m1/s1. The lowest BCUT2D eigenvalue weighted by Gasteiger charge is -2.42. The van der Waals surface area contributed by atoms with Crippen LogP contribution < -0.4 is 4.74 Å². The second-order valence-corrected chi connectivity index (χ2v) is 10.5. The van der Waals surface area contributed by atoms with Crippen LogP contribution >= 0.6 is 0 Å². The smallest absolute Gasteiger partial charge is 0.213 e. The number of aromatic amines is 1. The van der Waals surface area contributed by atoms with Crippen molar-refractivity contribution in [3.63, 3.8) is 0 Å². The monoisotopic (exact) mass is 468 g/mol. The van der Waals surface area contributed by atoms with E-state index in [0.717, 1.165) is 42.8 Å². The molecule has 1 fully saturated rings. The van der Waals surface area contributed by atoms with Crippen LogP contribution in [0.5, 0.6) is 5.88 Å². The first kappa shape index (κ1) is 23.2. The number of hydrogen-bond donors (Lipinski definition) is 1. The summed E-state index contributed by atoms with van der Waals surface area (Å²) in [6.07, 6.45) is 2.73. The first-order chi connectivity index (χ1) is 16.3. The largest absolute Gasteiger partial charge is 0.476 e. The van der Waals surface area contributed by atoms with Crippen LogP contribution in [0.4, 0.5) is 8.78 Å². The molecule has 0 aliphatic carbocycles. The zero-order valence-corrected chi connectivity index (χ0v) is 20.2. The van der Waals surface area contributed by atoms with Gasteiger partial charge in [-0.2, -0.15) is 0 Å². The number of rotatable bonds is 8. The Balaban J connectivity index is 1.38. The van der Waals surface area contributed by atoms with E-state index in [1.165, 1.54) is 10.9 Å². The summed E-state index contributed by atoms with van der Waals surface area (Å²) >= 11 is 0. The fourth-order valence-corrected chi connectivity index (χ4v) is 5.42. The number of fused-ring (bicyclic) bond motifs is 3. The van der Waals surface area contributed by atoms with Gasteiger partial charge in [-0.25, -0.2) is 9.37 Å². The lowest BCUT2D eigenvalue weighted by molar-refractivity contribution is 0.0653. The molecule has 0 radical (unpaired) electrons. The normalized spacial score (nSPS) is 22.0. The molecule has 2 aliphatic rings. The third-order valence-corrected chi connectivity index (χ3v) is 7.06. The minimum Gasteiger partial charge on any atom is -0.476 e. The number of ether oxygens (including phenoxy) is 1. The SMILES string of the molecule is C[C@@H]1Cc2c([nH]c3ccccc23)[C@@H](c2ccc(OCCN3CC(CF)C3)nc2)N1CC(C)(C)F. The third kappa shape index (κ3) is 4.68. The molecule has 5 nitrogen and oxygen atoms in total. The quantitative estimate of drug-likeness (QED) is 0.509. The van der Waals surface area contributed by atoms with E-state index in [4.69, 9.17) is 4.74 Å². The van der Waals surface area contributed by atoms with Crippen LogP contribution in [0.25, 0.3) is 10.9 Å². The predicted molar refractivity (Wildman–Crippen MR) is 131 cm³/mol. The number of nitrogens with one attached hydrogen (secondary N) is 1. The van der Waals surface area contributed by atoms with Crippen LogP contribution in [0.15, 0.2) is 42.6 Å². The molecule has 0 bridgehead atoms. The Morgan fingerprint density at radius 1 is 1.18 bits per heavy atom. The van der Waals surface area contributed by atoms with Gasteiger partial charge in [0.1, 0.15) is 12.3 Å². The van der Waals surface area contributed by atoms with Gasteiger partial charge >= 0.3 is 0 Å². The van der Waals surface area contributed by atoms with Gasteiger partial charge in [0.2, 0.25) is 5.88 Å². The summed E-state index contributed by atoms with van der Waals surface area (Å²) in [6.45, 7) is 8.46. The molecule has 3 aromatic rings. The summed E-state index contributed by atoms with van der Waals surface area (Å²) in [7, 11) is 0. The molecule has 1 saturated heterocycles. The fourth-order valence-electron chi connectivity index (χ4n) is 5.42. The Morgan fingerprint density at radius 3 is 2.68 bits per heavy atom. The molecule has 1 N–H and O–H groups in total. The molecule has 1 aromatic carbocycles. The Bertz CT molecular complexity index is 1120. The van der Waals surface area contributed by atoms with E-state index >= 15 is 0 Å². The maximum absolute atomic E-state index is 14.9. The first-order valence-corrected chi connectivity index (χ1v) is 12.2. The zero-order chi connectivity index (χ0) is 23.9. The van der Waals surface area contributed by atoms with Gasteiger partial charge in [0.25, 0.3) is 0 Å². The number of H-pyrrole nitrogens is 1. The number of aromatic nitrogens is 2. The molecule has 34 heavy (non-hydrogen) atoms. The number of hydrogen-bond acceptors (Lipinski definition) is 4. The fraction of sp³-hybridized carbons (Fsp3) is 0.519. The molecular weight excluding hydrogens is 434 g/mol. The summed E-state index contributed by atoms with van der Waals surface area (Å²) < 4.78 is 33.3. The molecule has 0 saturated carbocycles. The summed E-state index contributed by atoms with van der Waals surface area (Å²) in [4.78, 5) is 12.6. The van der Waals surface area contributed by atoms with Gasteiger partial charge in [-0.1, -0.05) is 24.3 Å². The van der Waals surface area contributed by atoms with Crippen LogP contribution in [-0.4, -0.2) is 70.9 Å². The van der Waals surface area contributed by atoms with E-state index in [1.54, 1.807) is 13.8 Å². The number of likely N-dealkylation sites (tertiary alicyclic amines) is 1. The number of benzene rings is 1. The van der Waals surface area contributed by atoms with Gasteiger partial charge in [-0.3, -0.25) is 14.2 Å². The van der Waals surface area contributed by atoms with Gasteiger partial charge in [0, 0.05) is 67.0 Å². The summed E-state index contributed by atoms with van der Waals surface area (Å²) in [5.74, 6) is 0.756. The van der Waals surface area contributed by atoms with Crippen LogP contribution in [0.1, 0.15) is 43.6 Å². The Hall–Kier alpha value is -2.51. The maximum Gasteiger partial charge on any atom is 0.213 e. The van der Waals surface area contributed by atoms with Crippen LogP contribution in [0.2, 0.25) is 0 Å². The number of para-hydroxylation sites is 1. The van der Waals surface area contributed by atoms with Crippen LogP contribution in [0, 0.1) is 5.92 Å². The average molecular weight is 469 g/mol. The predicted octanol–water partition coefficient (Wildman–Crippen LogP) is 4.93. The molecule has 182 valence electrons. The van der Waals surface area contributed by atoms with Crippen molar-refractivity contribution < 1.29 is 13.5 Å². The van der Waals surface area contributed by atoms with E-state index in [1.807, 2.05) is 24.4 Å². The number of nitrogens with zero attached hydrogens (tertiary/aromatic N) is 3. The molecule has 4 heterocycles. The first-order valence-electron chi connectivity index (χ1n) is 12.2. The number of halogens is 2. The van der Waals surface area contributed by atoms with Gasteiger partial charge in [-0.05, 0) is 44.4 Å². The Kier molecular flexibility index (Phi) is 6.34. The summed E-state index contributed by atoms with van der Waals surface area (Å²) in [6, 6.07) is 12.4. The highest BCUT2D eigenvalue weighted by Crippen LogP contribution is 2.41. The molecule has 7 heteroatoms. The average Bonchev–Trinajstić information content (AvgIpc) is 3.13. The van der Waals surface area contributed by atoms with Crippen molar-refractivity contribution in [2.45, 2.75) is 44.9 Å². The Morgan fingerprint density at radius 2 is 1.97 bits per heavy atom. The lowest BCUT2D eigenvalue weighted by atomic mass is 9.88. The summed E-state index contributed by atoms with van der Waals surface area (Å²) in [5.41, 5.74) is 3.25. The molecule has 0 spiro atoms. The molecule has 2 atom stereocenters. The van der Waals surface area contributed by atoms with Crippen molar-refractivity contribution >= 4 is 10.9 Å². The maximum atomic E-state index is 14.9. The zero-order valence-electron chi connectivity index (χ0n) is 20.2. The lowest BCUT2D eigenvalue weighted by Crippen LogP contribution is -2.49. The van der Waals surface area contributed by atoms with E-state index in [9.17, 15) is 8.78 Å². The van der Waals surface area contributed by atoms with Gasteiger partial charge < -0.3 is 9.72 Å². The van der Waals surface area contributed by atoms with Crippen molar-refractivity contribution in [2.24, 2.45) is 5.92 Å². The Labute approximate surface area is 200 Å². The van der Waals surface area contributed by atoms with Crippen molar-refractivity contribution in [1.82, 2.24) is 19.8 Å². The van der Waals surface area contributed by atoms with Gasteiger partial charge in [0.15, 0.2) is 0 Å². The number of pyridine rings is 1. The highest BCUT2D eigenvalue weighted by Gasteiger charge is 2.38. The van der Waals surface area contributed by atoms with Crippen LogP contribution in [0.3, 0.4) is 0 Å². The van der Waals surface area contributed by atoms with E-state index < -0.39 is 5.67 Å². The summed E-state index contributed by atoms with van der Waals surface area (Å²) in [5, 5.41) is 1.24. The molecule has 0 amide bonds. The van der Waals surface area contributed by atoms with E-state index in [0.29, 0.717) is 19.0 Å². The highest BCUT2D eigenvalue weighted by molar-refractivity contribution is 5.85. The van der Waals surface area contributed by atoms with Crippen molar-refractivity contribution in [3.05, 3.63) is 59.4 Å². The number of alkyl halides is 2. The van der Waals surface area contributed by atoms with Gasteiger partial charge in [-0.15, -0.1) is 0 Å². The molecule has 0 unspecified atom stereocenters. The van der Waals surface area contributed by atoms with Crippen molar-refractivity contribution in [2.75, 3.05) is 39.5 Å². The molecule has 2 aliphatic heterocycles. The van der Waals surface area contributed by atoms with Crippen molar-refractivity contribution in [1.29, 1.82) is 0 Å². The van der Waals surface area contributed by atoms with E-state index in [2.05, 4.69) is 44.9 Å². The molecule has 5 rings (SSSR count). The van der Waals surface area contributed by atoms with Crippen molar-refractivity contribution in [3.8, 4) is 5.88 Å².